The summed E-state index contributed by atoms with van der Waals surface area (Å²) in [5.41, 5.74) is -0.172. The van der Waals surface area contributed by atoms with Crippen molar-refractivity contribution in [2.75, 3.05) is 23.3 Å². The topological polar surface area (TPSA) is 109 Å². The van der Waals surface area contributed by atoms with Crippen LogP contribution in [0.15, 0.2) is 29.3 Å². The number of carbonyl (C=O) groups is 2. The minimum absolute atomic E-state index is 0.00772. The van der Waals surface area contributed by atoms with E-state index in [4.69, 9.17) is 0 Å². The van der Waals surface area contributed by atoms with Crippen LogP contribution >= 0.6 is 11.3 Å². The number of hydrogen-bond donors (Lipinski definition) is 2. The fraction of sp³-hybridized carbons (Fsp3) is 0.409. The van der Waals surface area contributed by atoms with Crippen LogP contribution in [0.5, 0.6) is 0 Å². The molecule has 34 heavy (non-hydrogen) atoms. The second-order valence-corrected chi connectivity index (χ2v) is 9.55. The number of amides is 2. The normalized spacial score (nSPS) is 16.6. The first-order valence-electron chi connectivity index (χ1n) is 11.0. The van der Waals surface area contributed by atoms with Gasteiger partial charge in [0.15, 0.2) is 10.8 Å². The predicted octanol–water partition coefficient (Wildman–Crippen LogP) is 2.26. The summed E-state index contributed by atoms with van der Waals surface area (Å²) in [5, 5.41) is 6.08. The highest BCUT2D eigenvalue weighted by Crippen LogP contribution is 2.30. The van der Waals surface area contributed by atoms with E-state index in [1.807, 2.05) is 4.90 Å². The smallest absolute Gasteiger partial charge is 0.273 e. The summed E-state index contributed by atoms with van der Waals surface area (Å²) in [6.45, 7) is 0.946. The third-order valence-electron chi connectivity index (χ3n) is 5.89. The first-order valence-corrected chi connectivity index (χ1v) is 11.8. The van der Waals surface area contributed by atoms with E-state index in [0.29, 0.717) is 53.5 Å². The van der Waals surface area contributed by atoms with Gasteiger partial charge in [0.2, 0.25) is 11.8 Å². The molecule has 2 fully saturated rings. The fourth-order valence-corrected chi connectivity index (χ4v) is 4.96. The molecule has 1 aromatic carbocycles. The van der Waals surface area contributed by atoms with Crippen LogP contribution in [0.3, 0.4) is 0 Å². The van der Waals surface area contributed by atoms with Gasteiger partial charge in [-0.15, -0.1) is 0 Å². The fourth-order valence-electron chi connectivity index (χ4n) is 3.94. The number of carbonyl (C=O) groups excluding carboxylic acids is 2. The molecule has 0 bridgehead atoms. The summed E-state index contributed by atoms with van der Waals surface area (Å²) in [6.07, 6.45) is 4.78. The molecule has 1 saturated heterocycles. The number of nitrogens with one attached hydrogen (secondary N) is 2. The summed E-state index contributed by atoms with van der Waals surface area (Å²) in [7, 11) is 0. The Morgan fingerprint density at radius 2 is 1.79 bits per heavy atom. The van der Waals surface area contributed by atoms with Gasteiger partial charge in [0, 0.05) is 36.8 Å². The van der Waals surface area contributed by atoms with Gasteiger partial charge in [0.1, 0.15) is 29.2 Å². The molecule has 1 aliphatic carbocycles. The van der Waals surface area contributed by atoms with Crippen LogP contribution in [0.25, 0.3) is 10.3 Å². The summed E-state index contributed by atoms with van der Waals surface area (Å²) < 4.78 is 28.1. The van der Waals surface area contributed by atoms with Gasteiger partial charge >= 0.3 is 0 Å². The van der Waals surface area contributed by atoms with Crippen LogP contribution < -0.4 is 21.1 Å². The van der Waals surface area contributed by atoms with Crippen LogP contribution in [0.1, 0.15) is 25.7 Å². The average Bonchev–Trinajstić information content (AvgIpc) is 3.49. The Morgan fingerprint density at radius 1 is 1.09 bits per heavy atom. The van der Waals surface area contributed by atoms with E-state index in [-0.39, 0.29) is 24.1 Å². The van der Waals surface area contributed by atoms with Gasteiger partial charge in [-0.3, -0.25) is 19.0 Å². The number of nitrogens with zero attached hydrogens (tertiary/aromatic N) is 4. The zero-order valence-corrected chi connectivity index (χ0v) is 18.9. The molecular formula is C22H22F2N6O3S. The molecule has 9 nitrogen and oxygen atoms in total. The Balaban J connectivity index is 1.25. The molecule has 5 rings (SSSR count). The van der Waals surface area contributed by atoms with E-state index >= 15 is 0 Å². The Labute approximate surface area is 196 Å². The van der Waals surface area contributed by atoms with Crippen molar-refractivity contribution in [1.82, 2.24) is 19.9 Å². The number of rotatable bonds is 6. The number of anilines is 2. The minimum Gasteiger partial charge on any atom is -0.353 e. The van der Waals surface area contributed by atoms with Gasteiger partial charge in [-0.25, -0.2) is 13.8 Å². The molecule has 0 radical (unpaired) electrons. The Bertz CT molecular complexity index is 1290. The number of hydrogen-bond acceptors (Lipinski definition) is 7. The van der Waals surface area contributed by atoms with Crippen molar-refractivity contribution >= 4 is 44.3 Å². The van der Waals surface area contributed by atoms with Crippen molar-refractivity contribution in [2.24, 2.45) is 5.92 Å². The maximum atomic E-state index is 13.3. The number of piperidine rings is 1. The first-order chi connectivity index (χ1) is 16.4. The summed E-state index contributed by atoms with van der Waals surface area (Å²) >= 11 is 1.20. The number of thiazole rings is 1. The SMILES string of the molecule is O=C(Cn1cnc2nc(N3CCC(C(=O)NC4CC4)CC3)sc2c1=O)Nc1cc(F)cc(F)c1. The molecule has 3 aromatic rings. The highest BCUT2D eigenvalue weighted by atomic mass is 32.1. The third-order valence-corrected chi connectivity index (χ3v) is 6.99. The van der Waals surface area contributed by atoms with E-state index in [1.54, 1.807) is 0 Å². The molecule has 0 spiro atoms. The van der Waals surface area contributed by atoms with Gasteiger partial charge in [-0.2, -0.15) is 4.98 Å². The molecule has 12 heteroatoms. The Hall–Kier alpha value is -3.41. The lowest BCUT2D eigenvalue weighted by Gasteiger charge is -2.30. The molecule has 1 saturated carbocycles. The Morgan fingerprint density at radius 3 is 2.47 bits per heavy atom. The van der Waals surface area contributed by atoms with Crippen molar-refractivity contribution < 1.29 is 18.4 Å². The second kappa shape index (κ2) is 9.09. The van der Waals surface area contributed by atoms with E-state index in [1.165, 1.54) is 17.7 Å². The third kappa shape index (κ3) is 4.91. The van der Waals surface area contributed by atoms with Gasteiger partial charge in [0.05, 0.1) is 0 Å². The molecule has 0 unspecified atom stereocenters. The quantitative estimate of drug-likeness (QED) is 0.551. The summed E-state index contributed by atoms with van der Waals surface area (Å²) in [6, 6.07) is 3.02. The van der Waals surface area contributed by atoms with Crippen LogP contribution in [-0.2, 0) is 16.1 Å². The molecule has 3 heterocycles. The highest BCUT2D eigenvalue weighted by Gasteiger charge is 2.30. The molecule has 1 aliphatic heterocycles. The van der Waals surface area contributed by atoms with E-state index in [9.17, 15) is 23.2 Å². The summed E-state index contributed by atoms with van der Waals surface area (Å²) in [5.74, 6) is -2.15. The maximum Gasteiger partial charge on any atom is 0.273 e. The number of fused-ring (bicyclic) bond motifs is 1. The number of halogens is 2. The lowest BCUT2D eigenvalue weighted by atomic mass is 9.96. The standard InChI is InChI=1S/C22H22F2N6O3S/c23-13-7-14(24)9-16(8-13)26-17(31)10-30-11-25-19-18(21(30)33)34-22(28-19)29-5-3-12(4-6-29)20(32)27-15-1-2-15/h7-9,11-12,15H,1-6,10H2,(H,26,31)(H,27,32). The van der Waals surface area contributed by atoms with Crippen molar-refractivity contribution in [1.29, 1.82) is 0 Å². The molecular weight excluding hydrogens is 466 g/mol. The van der Waals surface area contributed by atoms with Crippen molar-refractivity contribution in [3.8, 4) is 0 Å². The lowest BCUT2D eigenvalue weighted by molar-refractivity contribution is -0.125. The molecule has 0 atom stereocenters. The molecule has 2 aliphatic rings. The van der Waals surface area contributed by atoms with Crippen molar-refractivity contribution in [2.45, 2.75) is 38.3 Å². The molecule has 2 aromatic heterocycles. The number of aromatic nitrogens is 3. The van der Waals surface area contributed by atoms with Crippen LogP contribution in [0.4, 0.5) is 19.6 Å². The molecule has 178 valence electrons. The van der Waals surface area contributed by atoms with Crippen LogP contribution in [0, 0.1) is 17.6 Å². The first kappa shape index (κ1) is 22.4. The van der Waals surface area contributed by atoms with Gasteiger partial charge < -0.3 is 15.5 Å². The van der Waals surface area contributed by atoms with Gasteiger partial charge in [-0.1, -0.05) is 11.3 Å². The van der Waals surface area contributed by atoms with E-state index < -0.39 is 23.1 Å². The highest BCUT2D eigenvalue weighted by molar-refractivity contribution is 7.22. The summed E-state index contributed by atoms with van der Waals surface area (Å²) in [4.78, 5) is 48.2. The van der Waals surface area contributed by atoms with Crippen molar-refractivity contribution in [3.63, 3.8) is 0 Å². The van der Waals surface area contributed by atoms with Crippen LogP contribution in [0.2, 0.25) is 0 Å². The van der Waals surface area contributed by atoms with E-state index in [2.05, 4.69) is 20.6 Å². The lowest BCUT2D eigenvalue weighted by Crippen LogP contribution is -2.41. The molecule has 2 amide bonds. The Kier molecular flexibility index (Phi) is 5.98. The van der Waals surface area contributed by atoms with Crippen molar-refractivity contribution in [3.05, 3.63) is 46.5 Å². The van der Waals surface area contributed by atoms with E-state index in [0.717, 1.165) is 29.5 Å². The largest absolute Gasteiger partial charge is 0.353 e. The van der Waals surface area contributed by atoms with Gasteiger partial charge in [0.25, 0.3) is 5.56 Å². The molecule has 2 N–H and O–H groups in total. The maximum absolute atomic E-state index is 13.3. The zero-order chi connectivity index (χ0) is 23.8. The zero-order valence-electron chi connectivity index (χ0n) is 18.1. The predicted molar refractivity (Wildman–Crippen MR) is 123 cm³/mol. The van der Waals surface area contributed by atoms with Crippen LogP contribution in [-0.4, -0.2) is 45.5 Å². The number of benzene rings is 1. The minimum atomic E-state index is -0.819. The van der Waals surface area contributed by atoms with Gasteiger partial charge in [-0.05, 0) is 37.8 Å². The average molecular weight is 489 g/mol. The monoisotopic (exact) mass is 488 g/mol. The second-order valence-electron chi connectivity index (χ2n) is 8.58.